The maximum atomic E-state index is 12.7. The molecule has 1 aliphatic heterocycles. The summed E-state index contributed by atoms with van der Waals surface area (Å²) in [7, 11) is 0. The first-order chi connectivity index (χ1) is 14.5. The number of nitrogens with zero attached hydrogens (tertiary/aromatic N) is 2. The van der Waals surface area contributed by atoms with Crippen molar-refractivity contribution in [2.45, 2.75) is 26.3 Å². The van der Waals surface area contributed by atoms with Gasteiger partial charge in [-0.2, -0.15) is 5.10 Å². The second kappa shape index (κ2) is 8.24. The SMILES string of the molecule is Cc1cc(C(=O)NNC(=O)C2=NN(c3ccccc3)C(c3ccccc3)C2)c(C)o1. The molecule has 3 aromatic rings. The Balaban J connectivity index is 1.51. The van der Waals surface area contributed by atoms with E-state index < -0.39 is 11.8 Å². The first kappa shape index (κ1) is 19.4. The van der Waals surface area contributed by atoms with E-state index in [2.05, 4.69) is 16.0 Å². The lowest BCUT2D eigenvalue weighted by molar-refractivity contribution is -0.115. The smallest absolute Gasteiger partial charge is 0.285 e. The Hall–Kier alpha value is -3.87. The zero-order valence-corrected chi connectivity index (χ0v) is 16.8. The predicted molar refractivity (Wildman–Crippen MR) is 114 cm³/mol. The number of nitrogens with one attached hydrogen (secondary N) is 2. The third-order valence-electron chi connectivity index (χ3n) is 4.95. The number of furan rings is 1. The first-order valence-electron chi connectivity index (χ1n) is 9.67. The van der Waals surface area contributed by atoms with Crippen LogP contribution in [0.25, 0.3) is 0 Å². The van der Waals surface area contributed by atoms with Crippen molar-refractivity contribution < 1.29 is 14.0 Å². The number of benzene rings is 2. The minimum Gasteiger partial charge on any atom is -0.466 e. The Morgan fingerprint density at radius 3 is 2.23 bits per heavy atom. The lowest BCUT2D eigenvalue weighted by Crippen LogP contribution is -2.44. The normalized spacial score (nSPS) is 15.6. The molecule has 0 saturated heterocycles. The summed E-state index contributed by atoms with van der Waals surface area (Å²) in [5, 5.41) is 6.40. The van der Waals surface area contributed by atoms with Gasteiger partial charge in [-0.05, 0) is 37.6 Å². The van der Waals surface area contributed by atoms with Crippen molar-refractivity contribution >= 4 is 23.2 Å². The van der Waals surface area contributed by atoms with E-state index in [1.807, 2.05) is 65.7 Å². The van der Waals surface area contributed by atoms with Crippen molar-refractivity contribution in [1.29, 1.82) is 0 Å². The van der Waals surface area contributed by atoms with Crippen molar-refractivity contribution in [3.8, 4) is 0 Å². The molecule has 7 nitrogen and oxygen atoms in total. The van der Waals surface area contributed by atoms with E-state index >= 15 is 0 Å². The number of rotatable bonds is 4. The zero-order chi connectivity index (χ0) is 21.1. The molecule has 0 spiro atoms. The number of para-hydroxylation sites is 1. The average Bonchev–Trinajstić information content (AvgIpc) is 3.36. The summed E-state index contributed by atoms with van der Waals surface area (Å²) < 4.78 is 5.36. The van der Waals surface area contributed by atoms with E-state index in [9.17, 15) is 9.59 Å². The van der Waals surface area contributed by atoms with Crippen LogP contribution < -0.4 is 15.9 Å². The van der Waals surface area contributed by atoms with Gasteiger partial charge < -0.3 is 4.42 Å². The van der Waals surface area contributed by atoms with Crippen LogP contribution in [0.2, 0.25) is 0 Å². The molecule has 4 rings (SSSR count). The number of anilines is 1. The summed E-state index contributed by atoms with van der Waals surface area (Å²) in [5.74, 6) is 0.251. The number of carbonyl (C=O) groups is 2. The number of hydrogen-bond acceptors (Lipinski definition) is 5. The highest BCUT2D eigenvalue weighted by atomic mass is 16.3. The summed E-state index contributed by atoms with van der Waals surface area (Å²) >= 11 is 0. The van der Waals surface area contributed by atoms with Crippen LogP contribution in [0.1, 0.15) is 39.9 Å². The van der Waals surface area contributed by atoms with Crippen LogP contribution in [-0.2, 0) is 4.79 Å². The van der Waals surface area contributed by atoms with Gasteiger partial charge in [0.05, 0.1) is 17.3 Å². The van der Waals surface area contributed by atoms with E-state index in [1.165, 1.54) is 0 Å². The number of carbonyl (C=O) groups excluding carboxylic acids is 2. The average molecular weight is 402 g/mol. The molecule has 2 heterocycles. The van der Waals surface area contributed by atoms with Gasteiger partial charge in [0.2, 0.25) is 0 Å². The van der Waals surface area contributed by atoms with Crippen LogP contribution in [0.4, 0.5) is 5.69 Å². The van der Waals surface area contributed by atoms with Gasteiger partial charge in [0.25, 0.3) is 11.8 Å². The lowest BCUT2D eigenvalue weighted by atomic mass is 10.0. The molecule has 7 heteroatoms. The van der Waals surface area contributed by atoms with Gasteiger partial charge in [0.1, 0.15) is 17.2 Å². The topological polar surface area (TPSA) is 86.9 Å². The van der Waals surface area contributed by atoms with Crippen molar-refractivity contribution in [2.24, 2.45) is 5.10 Å². The molecule has 0 radical (unpaired) electrons. The van der Waals surface area contributed by atoms with Crippen LogP contribution in [-0.4, -0.2) is 17.5 Å². The Bertz CT molecular complexity index is 1090. The Morgan fingerprint density at radius 1 is 0.967 bits per heavy atom. The van der Waals surface area contributed by atoms with Crippen molar-refractivity contribution in [2.75, 3.05) is 5.01 Å². The molecule has 2 amide bonds. The summed E-state index contributed by atoms with van der Waals surface area (Å²) in [6.45, 7) is 3.46. The van der Waals surface area contributed by atoms with E-state index in [-0.39, 0.29) is 6.04 Å². The number of amides is 2. The number of hydrazine groups is 1. The number of hydrazone groups is 1. The molecule has 2 aromatic carbocycles. The van der Waals surface area contributed by atoms with Gasteiger partial charge in [-0.15, -0.1) is 0 Å². The summed E-state index contributed by atoms with van der Waals surface area (Å²) in [6, 6.07) is 21.1. The van der Waals surface area contributed by atoms with Crippen LogP contribution in [0.3, 0.4) is 0 Å². The van der Waals surface area contributed by atoms with Gasteiger partial charge in [0, 0.05) is 6.42 Å². The highest BCUT2D eigenvalue weighted by Gasteiger charge is 2.32. The highest BCUT2D eigenvalue weighted by molar-refractivity contribution is 6.39. The molecule has 30 heavy (non-hydrogen) atoms. The fourth-order valence-corrected chi connectivity index (χ4v) is 3.51. The zero-order valence-electron chi connectivity index (χ0n) is 16.8. The molecular weight excluding hydrogens is 380 g/mol. The standard InChI is InChI=1S/C23H22N4O3/c1-15-13-19(16(2)30-15)22(28)24-25-23(29)20-14-21(17-9-5-3-6-10-17)27(26-20)18-11-7-4-8-12-18/h3-13,21H,14H2,1-2H3,(H,24,28)(H,25,29). The van der Waals surface area contributed by atoms with Gasteiger partial charge in [0.15, 0.2) is 0 Å². The minimum atomic E-state index is -0.444. The number of hydrogen-bond donors (Lipinski definition) is 2. The van der Waals surface area contributed by atoms with Crippen molar-refractivity contribution in [1.82, 2.24) is 10.9 Å². The van der Waals surface area contributed by atoms with Gasteiger partial charge >= 0.3 is 0 Å². The van der Waals surface area contributed by atoms with Crippen LogP contribution in [0.5, 0.6) is 0 Å². The molecule has 2 N–H and O–H groups in total. The van der Waals surface area contributed by atoms with Gasteiger partial charge in [-0.1, -0.05) is 48.5 Å². The molecule has 0 fully saturated rings. The van der Waals surface area contributed by atoms with Crippen molar-refractivity contribution in [3.05, 3.63) is 89.4 Å². The van der Waals surface area contributed by atoms with Gasteiger partial charge in [-0.3, -0.25) is 25.4 Å². The van der Waals surface area contributed by atoms with E-state index in [0.29, 0.717) is 29.2 Å². The maximum absolute atomic E-state index is 12.7. The van der Waals surface area contributed by atoms with Crippen LogP contribution in [0.15, 0.2) is 76.2 Å². The summed E-state index contributed by atoms with van der Waals surface area (Å²) in [5.41, 5.74) is 7.58. The molecule has 0 bridgehead atoms. The molecular formula is C23H22N4O3. The first-order valence-corrected chi connectivity index (χ1v) is 9.67. The largest absolute Gasteiger partial charge is 0.466 e. The second-order valence-corrected chi connectivity index (χ2v) is 7.09. The quantitative estimate of drug-likeness (QED) is 0.652. The molecule has 152 valence electrons. The van der Waals surface area contributed by atoms with Crippen molar-refractivity contribution in [3.63, 3.8) is 0 Å². The third-order valence-corrected chi connectivity index (χ3v) is 4.95. The molecule has 1 unspecified atom stereocenters. The molecule has 1 atom stereocenters. The van der Waals surface area contributed by atoms with Crippen LogP contribution >= 0.6 is 0 Å². The Kier molecular flexibility index (Phi) is 5.34. The Morgan fingerprint density at radius 2 is 1.60 bits per heavy atom. The molecule has 0 saturated carbocycles. The second-order valence-electron chi connectivity index (χ2n) is 7.09. The molecule has 1 aliphatic rings. The maximum Gasteiger partial charge on any atom is 0.285 e. The van der Waals surface area contributed by atoms with E-state index in [1.54, 1.807) is 19.9 Å². The predicted octanol–water partition coefficient (Wildman–Crippen LogP) is 3.67. The molecule has 1 aromatic heterocycles. The number of aryl methyl sites for hydroxylation is 2. The Labute approximate surface area is 174 Å². The van der Waals surface area contributed by atoms with Gasteiger partial charge in [-0.25, -0.2) is 0 Å². The minimum absolute atomic E-state index is 0.108. The molecule has 0 aliphatic carbocycles. The van der Waals surface area contributed by atoms with Crippen LogP contribution in [0, 0.1) is 13.8 Å². The van der Waals surface area contributed by atoms with E-state index in [0.717, 1.165) is 11.3 Å². The van der Waals surface area contributed by atoms with E-state index in [4.69, 9.17) is 4.42 Å². The lowest BCUT2D eigenvalue weighted by Gasteiger charge is -2.23. The highest BCUT2D eigenvalue weighted by Crippen LogP contribution is 2.34. The monoisotopic (exact) mass is 402 g/mol. The summed E-state index contributed by atoms with van der Waals surface area (Å²) in [6.07, 6.45) is 0.421. The summed E-state index contributed by atoms with van der Waals surface area (Å²) in [4.78, 5) is 25.1. The fourth-order valence-electron chi connectivity index (χ4n) is 3.51. The third kappa shape index (κ3) is 3.96. The fraction of sp³-hybridized carbons (Fsp3) is 0.174.